The van der Waals surface area contributed by atoms with Crippen molar-refractivity contribution in [2.45, 2.75) is 72.1 Å². The number of allylic oxidation sites excluding steroid dienone is 2. The van der Waals surface area contributed by atoms with E-state index < -0.39 is 17.9 Å². The van der Waals surface area contributed by atoms with Gasteiger partial charge in [-0.15, -0.1) is 0 Å². The molecule has 0 amide bonds. The molecule has 0 heterocycles. The number of esters is 1. The summed E-state index contributed by atoms with van der Waals surface area (Å²) in [6.07, 6.45) is 9.81. The molecule has 0 atom stereocenters. The van der Waals surface area contributed by atoms with Gasteiger partial charge in [0.2, 0.25) is 0 Å². The summed E-state index contributed by atoms with van der Waals surface area (Å²) in [6, 6.07) is 0. The quantitative estimate of drug-likeness (QED) is 0.197. The van der Waals surface area contributed by atoms with Crippen LogP contribution in [-0.4, -0.2) is 34.7 Å². The number of hydrogen-bond acceptors (Lipinski definition) is 4. The number of rotatable bonds is 14. The van der Waals surface area contributed by atoms with Gasteiger partial charge in [0.25, 0.3) is 0 Å². The largest absolute Gasteiger partial charge is 0.478 e. The minimum Gasteiger partial charge on any atom is -0.478 e. The predicted octanol–water partition coefficient (Wildman–Crippen LogP) is 4.66. The Hall–Kier alpha value is -2.37. The topological polar surface area (TPSA) is 101 Å². The molecule has 0 aromatic rings. The highest BCUT2D eigenvalue weighted by molar-refractivity contribution is 5.95. The summed E-state index contributed by atoms with van der Waals surface area (Å²) in [5, 5.41) is 18.2. The lowest BCUT2D eigenvalue weighted by molar-refractivity contribution is -0.139. The molecule has 0 aliphatic rings. The summed E-state index contributed by atoms with van der Waals surface area (Å²) in [6.45, 7) is 6.22. The number of ether oxygens (including phenoxy) is 1. The predicted molar refractivity (Wildman–Crippen MR) is 104 cm³/mol. The maximum atomic E-state index is 12.3. The first-order valence-corrected chi connectivity index (χ1v) is 9.62. The zero-order chi connectivity index (χ0) is 20.7. The Labute approximate surface area is 161 Å². The minimum atomic E-state index is -1.23. The van der Waals surface area contributed by atoms with Crippen LogP contribution in [0.4, 0.5) is 0 Å². The van der Waals surface area contributed by atoms with Crippen LogP contribution in [0.3, 0.4) is 0 Å². The van der Waals surface area contributed by atoms with Gasteiger partial charge in [-0.3, -0.25) is 0 Å². The molecule has 0 unspecified atom stereocenters. The van der Waals surface area contributed by atoms with Gasteiger partial charge in [-0.1, -0.05) is 46.5 Å². The monoisotopic (exact) mass is 380 g/mol. The van der Waals surface area contributed by atoms with E-state index in [-0.39, 0.29) is 5.57 Å². The molecule has 0 rings (SSSR count). The maximum Gasteiger partial charge on any atom is 0.335 e. The van der Waals surface area contributed by atoms with Crippen molar-refractivity contribution in [3.8, 4) is 0 Å². The van der Waals surface area contributed by atoms with Crippen molar-refractivity contribution in [3.05, 3.63) is 34.9 Å². The third kappa shape index (κ3) is 11.1. The Morgan fingerprint density at radius 2 is 1.56 bits per heavy atom. The van der Waals surface area contributed by atoms with Gasteiger partial charge in [-0.05, 0) is 43.4 Å². The summed E-state index contributed by atoms with van der Waals surface area (Å²) in [7, 11) is 0. The third-order valence-corrected chi connectivity index (χ3v) is 3.99. The number of carbonyl (C=O) groups excluding carboxylic acids is 1. The first kappa shape index (κ1) is 24.6. The molecule has 0 bridgehead atoms. The molecule has 0 aliphatic heterocycles. The molecular weight excluding hydrogens is 348 g/mol. The lowest BCUT2D eigenvalue weighted by Gasteiger charge is -2.10. The molecule has 2 N–H and O–H groups in total. The number of carbonyl (C=O) groups is 3. The van der Waals surface area contributed by atoms with Crippen molar-refractivity contribution < 1.29 is 29.3 Å². The molecule has 27 heavy (non-hydrogen) atoms. The van der Waals surface area contributed by atoms with E-state index in [1.807, 2.05) is 6.92 Å². The van der Waals surface area contributed by atoms with Crippen molar-refractivity contribution >= 4 is 17.9 Å². The normalized spacial score (nSPS) is 12.8. The minimum absolute atomic E-state index is 0.118. The van der Waals surface area contributed by atoms with E-state index in [2.05, 4.69) is 6.92 Å². The second-order valence-electron chi connectivity index (χ2n) is 6.24. The third-order valence-electron chi connectivity index (χ3n) is 3.99. The maximum absolute atomic E-state index is 12.3. The average Bonchev–Trinajstić information content (AvgIpc) is 2.62. The molecule has 0 spiro atoms. The molecule has 0 fully saturated rings. The molecule has 0 radical (unpaired) electrons. The number of carboxylic acid groups (broad SMARTS) is 2. The Bertz CT molecular complexity index is 583. The van der Waals surface area contributed by atoms with Crippen molar-refractivity contribution in [2.75, 3.05) is 6.61 Å². The molecule has 152 valence electrons. The SMILES string of the molecule is CCCCCCOC(=O)C(=CC(CCCC)=C(C=CC(=O)O)C(=O)O)CC. The Kier molecular flexibility index (Phi) is 13.5. The highest BCUT2D eigenvalue weighted by atomic mass is 16.5. The van der Waals surface area contributed by atoms with Crippen LogP contribution < -0.4 is 0 Å². The summed E-state index contributed by atoms with van der Waals surface area (Å²) < 4.78 is 5.30. The molecule has 0 saturated carbocycles. The molecular formula is C21H32O6. The second kappa shape index (κ2) is 14.8. The van der Waals surface area contributed by atoms with Crippen molar-refractivity contribution in [2.24, 2.45) is 0 Å². The first-order chi connectivity index (χ1) is 12.9. The lowest BCUT2D eigenvalue weighted by atomic mass is 9.98. The van der Waals surface area contributed by atoms with E-state index in [4.69, 9.17) is 9.84 Å². The summed E-state index contributed by atoms with van der Waals surface area (Å²) in [4.78, 5) is 34.6. The fraction of sp³-hybridized carbons (Fsp3) is 0.571. The van der Waals surface area contributed by atoms with E-state index in [0.29, 0.717) is 30.6 Å². The van der Waals surface area contributed by atoms with Crippen LogP contribution in [0, 0.1) is 0 Å². The van der Waals surface area contributed by atoms with Crippen LogP contribution in [0.5, 0.6) is 0 Å². The fourth-order valence-corrected chi connectivity index (χ4v) is 2.42. The highest BCUT2D eigenvalue weighted by Gasteiger charge is 2.15. The molecule has 0 aromatic carbocycles. The summed E-state index contributed by atoms with van der Waals surface area (Å²) in [5.74, 6) is -2.90. The van der Waals surface area contributed by atoms with Crippen LogP contribution in [0.15, 0.2) is 34.9 Å². The number of aliphatic carboxylic acids is 2. The van der Waals surface area contributed by atoms with Gasteiger partial charge >= 0.3 is 17.9 Å². The van der Waals surface area contributed by atoms with Crippen LogP contribution in [0.2, 0.25) is 0 Å². The smallest absolute Gasteiger partial charge is 0.335 e. The first-order valence-electron chi connectivity index (χ1n) is 9.62. The van der Waals surface area contributed by atoms with Crippen molar-refractivity contribution in [1.29, 1.82) is 0 Å². The highest BCUT2D eigenvalue weighted by Crippen LogP contribution is 2.20. The Balaban J connectivity index is 5.54. The average molecular weight is 380 g/mol. The standard InChI is InChI=1S/C21H32O6/c1-4-7-9-10-14-27-21(26)16(6-3)15-17(11-8-5-2)18(20(24)25)12-13-19(22)23/h12-13,15H,4-11,14H2,1-3H3,(H,22,23)(H,24,25). The van der Waals surface area contributed by atoms with Crippen LogP contribution in [-0.2, 0) is 19.1 Å². The van der Waals surface area contributed by atoms with E-state index >= 15 is 0 Å². The van der Waals surface area contributed by atoms with E-state index in [0.717, 1.165) is 50.7 Å². The van der Waals surface area contributed by atoms with Gasteiger partial charge in [0.05, 0.1) is 12.2 Å². The van der Waals surface area contributed by atoms with E-state index in [1.54, 1.807) is 13.0 Å². The van der Waals surface area contributed by atoms with Gasteiger partial charge in [-0.2, -0.15) is 0 Å². The number of hydrogen-bond donors (Lipinski definition) is 2. The lowest BCUT2D eigenvalue weighted by Crippen LogP contribution is -2.10. The zero-order valence-corrected chi connectivity index (χ0v) is 16.6. The van der Waals surface area contributed by atoms with Gasteiger partial charge < -0.3 is 14.9 Å². The summed E-state index contributed by atoms with van der Waals surface area (Å²) >= 11 is 0. The zero-order valence-electron chi connectivity index (χ0n) is 16.6. The molecule has 0 aliphatic carbocycles. The van der Waals surface area contributed by atoms with Crippen molar-refractivity contribution in [1.82, 2.24) is 0 Å². The van der Waals surface area contributed by atoms with Crippen LogP contribution >= 0.6 is 0 Å². The fourth-order valence-electron chi connectivity index (χ4n) is 2.42. The Morgan fingerprint density at radius 1 is 0.889 bits per heavy atom. The molecule has 6 heteroatoms. The molecule has 0 saturated heterocycles. The Morgan fingerprint density at radius 3 is 2.07 bits per heavy atom. The molecule has 6 nitrogen and oxygen atoms in total. The number of carboxylic acids is 2. The molecule has 0 aromatic heterocycles. The van der Waals surface area contributed by atoms with E-state index in [9.17, 15) is 19.5 Å². The summed E-state index contributed by atoms with van der Waals surface area (Å²) in [5.41, 5.74) is 0.702. The van der Waals surface area contributed by atoms with Crippen molar-refractivity contribution in [3.63, 3.8) is 0 Å². The van der Waals surface area contributed by atoms with Gasteiger partial charge in [-0.25, -0.2) is 14.4 Å². The van der Waals surface area contributed by atoms with Crippen LogP contribution in [0.1, 0.15) is 72.1 Å². The number of unbranched alkanes of at least 4 members (excludes halogenated alkanes) is 4. The second-order valence-corrected chi connectivity index (χ2v) is 6.24. The van der Waals surface area contributed by atoms with E-state index in [1.165, 1.54) is 0 Å². The van der Waals surface area contributed by atoms with Gasteiger partial charge in [0.1, 0.15) is 0 Å². The van der Waals surface area contributed by atoms with Gasteiger partial charge in [0.15, 0.2) is 0 Å². The van der Waals surface area contributed by atoms with Gasteiger partial charge in [0, 0.05) is 11.6 Å². The van der Waals surface area contributed by atoms with Crippen LogP contribution in [0.25, 0.3) is 0 Å².